The number of carbonyl (C=O) groups is 2. The van der Waals surface area contributed by atoms with Crippen molar-refractivity contribution in [2.75, 3.05) is 19.3 Å². The van der Waals surface area contributed by atoms with Gasteiger partial charge in [0.2, 0.25) is 21.8 Å². The molecule has 2 aliphatic rings. The standard InChI is InChI=1S/C15H27N3O4S/c1-11(19)16-14(12-5-3-4-6-12)15(20)17-13-7-9-18(10-8-13)23(2,21)22/h12-14H,3-10H2,1-2H3,(H,16,19)(H,17,20)/t14-/m0/s1. The molecule has 2 rings (SSSR count). The van der Waals surface area contributed by atoms with Crippen LogP contribution in [0.15, 0.2) is 0 Å². The second-order valence-corrected chi connectivity index (χ2v) is 8.65. The van der Waals surface area contributed by atoms with E-state index in [0.29, 0.717) is 25.9 Å². The molecule has 0 radical (unpaired) electrons. The predicted octanol–water partition coefficient (Wildman–Crippen LogP) is 0.222. The molecule has 1 aliphatic heterocycles. The summed E-state index contributed by atoms with van der Waals surface area (Å²) in [4.78, 5) is 24.0. The molecule has 0 aromatic carbocycles. The van der Waals surface area contributed by atoms with Crippen molar-refractivity contribution in [3.05, 3.63) is 0 Å². The lowest BCUT2D eigenvalue weighted by atomic mass is 9.96. The summed E-state index contributed by atoms with van der Waals surface area (Å²) in [7, 11) is -3.16. The molecule has 2 N–H and O–H groups in total. The molecule has 1 aliphatic carbocycles. The topological polar surface area (TPSA) is 95.6 Å². The molecule has 1 heterocycles. The van der Waals surface area contributed by atoms with Crippen LogP contribution in [0.4, 0.5) is 0 Å². The first-order valence-electron chi connectivity index (χ1n) is 8.30. The number of amides is 2. The Morgan fingerprint density at radius 2 is 1.65 bits per heavy atom. The Morgan fingerprint density at radius 3 is 2.13 bits per heavy atom. The van der Waals surface area contributed by atoms with Gasteiger partial charge >= 0.3 is 0 Å². The monoisotopic (exact) mass is 345 g/mol. The molecule has 2 fully saturated rings. The highest BCUT2D eigenvalue weighted by Crippen LogP contribution is 2.28. The molecule has 132 valence electrons. The number of hydrogen-bond donors (Lipinski definition) is 2. The Labute approximate surface area is 138 Å². The highest BCUT2D eigenvalue weighted by molar-refractivity contribution is 7.88. The summed E-state index contributed by atoms with van der Waals surface area (Å²) in [6.45, 7) is 2.29. The van der Waals surface area contributed by atoms with Crippen molar-refractivity contribution in [3.63, 3.8) is 0 Å². The summed E-state index contributed by atoms with van der Waals surface area (Å²) >= 11 is 0. The van der Waals surface area contributed by atoms with Crippen LogP contribution < -0.4 is 10.6 Å². The van der Waals surface area contributed by atoms with E-state index in [-0.39, 0.29) is 23.8 Å². The first-order valence-corrected chi connectivity index (χ1v) is 10.1. The molecular weight excluding hydrogens is 318 g/mol. The van der Waals surface area contributed by atoms with E-state index in [1.807, 2.05) is 0 Å². The van der Waals surface area contributed by atoms with Crippen LogP contribution in [-0.2, 0) is 19.6 Å². The van der Waals surface area contributed by atoms with E-state index in [0.717, 1.165) is 25.7 Å². The zero-order valence-electron chi connectivity index (χ0n) is 13.9. The average Bonchev–Trinajstić information content (AvgIpc) is 2.98. The average molecular weight is 345 g/mol. The predicted molar refractivity (Wildman–Crippen MR) is 87.1 cm³/mol. The summed E-state index contributed by atoms with van der Waals surface area (Å²) in [5.74, 6) is -0.121. The first kappa shape index (κ1) is 18.2. The van der Waals surface area contributed by atoms with E-state index < -0.39 is 16.1 Å². The Kier molecular flexibility index (Phi) is 6.02. The van der Waals surface area contributed by atoms with E-state index in [1.165, 1.54) is 17.5 Å². The van der Waals surface area contributed by atoms with Crippen molar-refractivity contribution in [2.45, 2.75) is 57.5 Å². The molecule has 0 aromatic heterocycles. The van der Waals surface area contributed by atoms with E-state index in [2.05, 4.69) is 10.6 Å². The third kappa shape index (κ3) is 5.17. The number of nitrogens with one attached hydrogen (secondary N) is 2. The number of nitrogens with zero attached hydrogens (tertiary/aromatic N) is 1. The van der Waals surface area contributed by atoms with Crippen molar-refractivity contribution >= 4 is 21.8 Å². The van der Waals surface area contributed by atoms with Gasteiger partial charge in [-0.15, -0.1) is 0 Å². The lowest BCUT2D eigenvalue weighted by Crippen LogP contribution is -2.54. The van der Waals surface area contributed by atoms with Crippen LogP contribution >= 0.6 is 0 Å². The number of sulfonamides is 1. The Morgan fingerprint density at radius 1 is 1.09 bits per heavy atom. The minimum Gasteiger partial charge on any atom is -0.351 e. The van der Waals surface area contributed by atoms with E-state index in [9.17, 15) is 18.0 Å². The summed E-state index contributed by atoms with van der Waals surface area (Å²) in [6, 6.07) is -0.499. The van der Waals surface area contributed by atoms with Gasteiger partial charge in [-0.05, 0) is 31.6 Å². The smallest absolute Gasteiger partial charge is 0.243 e. The maximum absolute atomic E-state index is 12.6. The SMILES string of the molecule is CC(=O)N[C@H](C(=O)NC1CCN(S(C)(=O)=O)CC1)C1CCCC1. The number of piperidine rings is 1. The van der Waals surface area contributed by atoms with Crippen LogP contribution in [0.3, 0.4) is 0 Å². The molecule has 1 saturated heterocycles. The molecule has 8 heteroatoms. The third-order valence-corrected chi connectivity index (χ3v) is 6.08. The van der Waals surface area contributed by atoms with Crippen molar-refractivity contribution in [2.24, 2.45) is 5.92 Å². The van der Waals surface area contributed by atoms with Crippen molar-refractivity contribution in [1.29, 1.82) is 0 Å². The molecule has 7 nitrogen and oxygen atoms in total. The molecule has 0 bridgehead atoms. The zero-order valence-corrected chi connectivity index (χ0v) is 14.7. The molecule has 23 heavy (non-hydrogen) atoms. The molecule has 1 atom stereocenters. The normalized spacial score (nSPS) is 22.7. The highest BCUT2D eigenvalue weighted by atomic mass is 32.2. The fraction of sp³-hybridized carbons (Fsp3) is 0.867. The van der Waals surface area contributed by atoms with Gasteiger partial charge in [-0.2, -0.15) is 0 Å². The number of carbonyl (C=O) groups excluding carboxylic acids is 2. The third-order valence-electron chi connectivity index (χ3n) is 4.78. The summed E-state index contributed by atoms with van der Waals surface area (Å²) in [5.41, 5.74) is 0. The summed E-state index contributed by atoms with van der Waals surface area (Å²) < 4.78 is 24.5. The second-order valence-electron chi connectivity index (χ2n) is 6.67. The summed E-state index contributed by atoms with van der Waals surface area (Å²) in [5, 5.41) is 5.78. The van der Waals surface area contributed by atoms with Gasteiger partial charge in [0.1, 0.15) is 6.04 Å². The Bertz CT molecular complexity index is 535. The van der Waals surface area contributed by atoms with Crippen molar-refractivity contribution < 1.29 is 18.0 Å². The van der Waals surface area contributed by atoms with Crippen molar-refractivity contribution in [1.82, 2.24) is 14.9 Å². The Balaban J connectivity index is 1.90. The molecule has 0 spiro atoms. The largest absolute Gasteiger partial charge is 0.351 e. The minimum atomic E-state index is -3.16. The van der Waals surface area contributed by atoms with E-state index in [4.69, 9.17) is 0 Å². The Hall–Kier alpha value is -1.15. The maximum atomic E-state index is 12.6. The molecular formula is C15H27N3O4S. The summed E-state index contributed by atoms with van der Waals surface area (Å²) in [6.07, 6.45) is 6.54. The van der Waals surface area contributed by atoms with Crippen LogP contribution in [0.2, 0.25) is 0 Å². The van der Waals surface area contributed by atoms with Crippen LogP contribution in [-0.4, -0.2) is 56.0 Å². The van der Waals surface area contributed by atoms with Gasteiger partial charge in [0.15, 0.2) is 0 Å². The molecule has 2 amide bonds. The zero-order chi connectivity index (χ0) is 17.0. The van der Waals surface area contributed by atoms with Gasteiger partial charge in [0.05, 0.1) is 6.26 Å². The number of rotatable bonds is 5. The van der Waals surface area contributed by atoms with Crippen LogP contribution in [0.25, 0.3) is 0 Å². The quantitative estimate of drug-likeness (QED) is 0.745. The van der Waals surface area contributed by atoms with Gasteiger partial charge in [0.25, 0.3) is 0 Å². The van der Waals surface area contributed by atoms with Gasteiger partial charge in [-0.25, -0.2) is 12.7 Å². The van der Waals surface area contributed by atoms with Gasteiger partial charge in [0, 0.05) is 26.1 Å². The molecule has 0 unspecified atom stereocenters. The van der Waals surface area contributed by atoms with Crippen LogP contribution in [0.1, 0.15) is 45.4 Å². The fourth-order valence-corrected chi connectivity index (χ4v) is 4.40. The minimum absolute atomic E-state index is 0.0295. The molecule has 1 saturated carbocycles. The van der Waals surface area contributed by atoms with Gasteiger partial charge in [-0.3, -0.25) is 9.59 Å². The maximum Gasteiger partial charge on any atom is 0.243 e. The highest BCUT2D eigenvalue weighted by Gasteiger charge is 2.33. The van der Waals surface area contributed by atoms with Crippen molar-refractivity contribution in [3.8, 4) is 0 Å². The van der Waals surface area contributed by atoms with Crippen LogP contribution in [0.5, 0.6) is 0 Å². The van der Waals surface area contributed by atoms with Crippen LogP contribution in [0, 0.1) is 5.92 Å². The van der Waals surface area contributed by atoms with Gasteiger partial charge < -0.3 is 10.6 Å². The fourth-order valence-electron chi connectivity index (χ4n) is 3.53. The first-order chi connectivity index (χ1) is 10.8. The van der Waals surface area contributed by atoms with E-state index >= 15 is 0 Å². The molecule has 0 aromatic rings. The number of hydrogen-bond acceptors (Lipinski definition) is 4. The lowest BCUT2D eigenvalue weighted by Gasteiger charge is -2.32. The second kappa shape index (κ2) is 7.61. The van der Waals surface area contributed by atoms with Gasteiger partial charge in [-0.1, -0.05) is 12.8 Å². The lowest BCUT2D eigenvalue weighted by molar-refractivity contribution is -0.130. The van der Waals surface area contributed by atoms with E-state index in [1.54, 1.807) is 0 Å².